The maximum atomic E-state index is 12.8. The van der Waals surface area contributed by atoms with E-state index in [-0.39, 0.29) is 10.8 Å². The molecule has 0 unspecified atom stereocenters. The molecule has 0 aromatic heterocycles. The molecule has 1 N–H and O–H groups in total. The fraction of sp³-hybridized carbons (Fsp3) is 0.611. The monoisotopic (exact) mass is 366 g/mol. The molecule has 0 bridgehead atoms. The van der Waals surface area contributed by atoms with Crippen LogP contribution in [0.5, 0.6) is 0 Å². The summed E-state index contributed by atoms with van der Waals surface area (Å²) in [6, 6.07) is 6.54. The molecule has 0 radical (unpaired) electrons. The summed E-state index contributed by atoms with van der Waals surface area (Å²) in [6.45, 7) is 7.73. The van der Waals surface area contributed by atoms with Crippen molar-refractivity contribution >= 4 is 15.9 Å². The van der Waals surface area contributed by atoms with Crippen LogP contribution in [-0.2, 0) is 10.0 Å². The van der Waals surface area contributed by atoms with E-state index in [1.807, 2.05) is 4.90 Å². The smallest absolute Gasteiger partial charge is 0.254 e. The van der Waals surface area contributed by atoms with Crippen molar-refractivity contribution in [1.82, 2.24) is 9.21 Å². The molecule has 3 rings (SSSR count). The standard InChI is InChI=1S/C18H27N3O3S/c1-2-19-11-13-20(14-12-19)18(22)16-7-6-8-17(15-16)25(23,24)21-9-4-3-5-10-21/h6-8,15H,2-5,9-14H2,1H3/p+1. The Bertz CT molecular complexity index is 706. The van der Waals surface area contributed by atoms with Gasteiger partial charge in [0.2, 0.25) is 10.0 Å². The number of piperidine rings is 1. The van der Waals surface area contributed by atoms with Crippen molar-refractivity contribution in [1.29, 1.82) is 0 Å². The van der Waals surface area contributed by atoms with Crippen LogP contribution in [0.2, 0.25) is 0 Å². The minimum Gasteiger partial charge on any atom is -0.332 e. The zero-order valence-corrected chi connectivity index (χ0v) is 15.7. The molecule has 1 aromatic rings. The number of hydrogen-bond donors (Lipinski definition) is 1. The number of nitrogens with one attached hydrogen (secondary N) is 1. The molecule has 7 heteroatoms. The molecule has 1 aromatic carbocycles. The quantitative estimate of drug-likeness (QED) is 0.829. The highest BCUT2D eigenvalue weighted by atomic mass is 32.2. The summed E-state index contributed by atoms with van der Waals surface area (Å²) in [5, 5.41) is 0. The van der Waals surface area contributed by atoms with Gasteiger partial charge in [0.1, 0.15) is 0 Å². The van der Waals surface area contributed by atoms with Crippen molar-refractivity contribution < 1.29 is 18.1 Å². The molecule has 2 aliphatic heterocycles. The number of sulfonamides is 1. The summed E-state index contributed by atoms with van der Waals surface area (Å²) in [5.41, 5.74) is 0.470. The number of hydrogen-bond acceptors (Lipinski definition) is 3. The lowest BCUT2D eigenvalue weighted by atomic mass is 10.2. The Labute approximate surface area is 150 Å². The first kappa shape index (κ1) is 18.4. The van der Waals surface area contributed by atoms with Gasteiger partial charge in [0.05, 0.1) is 37.6 Å². The Hall–Kier alpha value is -1.44. The lowest BCUT2D eigenvalue weighted by Gasteiger charge is -2.31. The van der Waals surface area contributed by atoms with E-state index >= 15 is 0 Å². The summed E-state index contributed by atoms with van der Waals surface area (Å²) in [7, 11) is -3.50. The third-order valence-corrected chi connectivity index (χ3v) is 7.19. The predicted molar refractivity (Wildman–Crippen MR) is 96.2 cm³/mol. The van der Waals surface area contributed by atoms with Gasteiger partial charge in [0.15, 0.2) is 0 Å². The average Bonchev–Trinajstić information content (AvgIpc) is 2.68. The second-order valence-corrected chi connectivity index (χ2v) is 8.83. The third-order valence-electron chi connectivity index (χ3n) is 5.29. The van der Waals surface area contributed by atoms with E-state index in [4.69, 9.17) is 0 Å². The highest BCUT2D eigenvalue weighted by molar-refractivity contribution is 7.89. The number of likely N-dealkylation sites (N-methyl/N-ethyl adjacent to an activating group) is 1. The summed E-state index contributed by atoms with van der Waals surface area (Å²) in [6.07, 6.45) is 2.89. The lowest BCUT2D eigenvalue weighted by Crippen LogP contribution is -3.14. The van der Waals surface area contributed by atoms with Gasteiger partial charge in [0.25, 0.3) is 5.91 Å². The van der Waals surface area contributed by atoms with Crippen LogP contribution in [0.3, 0.4) is 0 Å². The van der Waals surface area contributed by atoms with Gasteiger partial charge in [-0.05, 0) is 38.0 Å². The Kier molecular flexibility index (Phi) is 5.76. The highest BCUT2D eigenvalue weighted by Gasteiger charge is 2.28. The molecule has 2 fully saturated rings. The van der Waals surface area contributed by atoms with Crippen LogP contribution in [0.4, 0.5) is 0 Å². The van der Waals surface area contributed by atoms with Gasteiger partial charge < -0.3 is 9.80 Å². The fourth-order valence-electron chi connectivity index (χ4n) is 3.61. The van der Waals surface area contributed by atoms with E-state index in [2.05, 4.69) is 6.92 Å². The van der Waals surface area contributed by atoms with E-state index in [0.29, 0.717) is 18.7 Å². The van der Waals surface area contributed by atoms with Crippen molar-refractivity contribution in [3.8, 4) is 0 Å². The van der Waals surface area contributed by atoms with Crippen LogP contribution in [0.25, 0.3) is 0 Å². The van der Waals surface area contributed by atoms with Gasteiger partial charge in [0, 0.05) is 18.7 Å². The minimum atomic E-state index is -3.50. The number of quaternary nitrogens is 1. The van der Waals surface area contributed by atoms with Gasteiger partial charge >= 0.3 is 0 Å². The van der Waals surface area contributed by atoms with Gasteiger partial charge in [-0.25, -0.2) is 8.42 Å². The van der Waals surface area contributed by atoms with Gasteiger partial charge in [-0.2, -0.15) is 4.31 Å². The highest BCUT2D eigenvalue weighted by Crippen LogP contribution is 2.21. The van der Waals surface area contributed by atoms with Crippen molar-refractivity contribution in [2.45, 2.75) is 31.1 Å². The first-order chi connectivity index (χ1) is 12.0. The number of amides is 1. The maximum absolute atomic E-state index is 12.8. The minimum absolute atomic E-state index is 0.0640. The number of piperazine rings is 1. The van der Waals surface area contributed by atoms with E-state index in [0.717, 1.165) is 52.0 Å². The third kappa shape index (κ3) is 4.04. The van der Waals surface area contributed by atoms with Crippen molar-refractivity contribution in [2.24, 2.45) is 0 Å². The van der Waals surface area contributed by atoms with E-state index in [9.17, 15) is 13.2 Å². The number of carbonyl (C=O) groups excluding carboxylic acids is 1. The van der Waals surface area contributed by atoms with Crippen LogP contribution < -0.4 is 4.90 Å². The molecular formula is C18H28N3O3S+. The number of rotatable bonds is 4. The van der Waals surface area contributed by atoms with E-state index in [1.165, 1.54) is 4.90 Å². The summed E-state index contributed by atoms with van der Waals surface area (Å²) in [4.78, 5) is 16.3. The molecule has 25 heavy (non-hydrogen) atoms. The van der Waals surface area contributed by atoms with Crippen LogP contribution in [0, 0.1) is 0 Å². The summed E-state index contributed by atoms with van der Waals surface area (Å²) in [5.74, 6) is -0.0640. The van der Waals surface area contributed by atoms with E-state index in [1.54, 1.807) is 28.6 Å². The van der Waals surface area contributed by atoms with Gasteiger partial charge in [-0.15, -0.1) is 0 Å². The van der Waals surface area contributed by atoms with Crippen molar-refractivity contribution in [3.05, 3.63) is 29.8 Å². The van der Waals surface area contributed by atoms with Crippen LogP contribution >= 0.6 is 0 Å². The number of nitrogens with zero attached hydrogens (tertiary/aromatic N) is 2. The molecule has 0 atom stereocenters. The Balaban J connectivity index is 1.76. The van der Waals surface area contributed by atoms with Crippen molar-refractivity contribution in [2.75, 3.05) is 45.8 Å². The normalized spacial score (nSPS) is 20.6. The second-order valence-electron chi connectivity index (χ2n) is 6.89. The van der Waals surface area contributed by atoms with Crippen LogP contribution in [0.1, 0.15) is 36.5 Å². The molecule has 2 aliphatic rings. The Morgan fingerprint density at radius 3 is 2.40 bits per heavy atom. The number of benzene rings is 1. The molecule has 6 nitrogen and oxygen atoms in total. The van der Waals surface area contributed by atoms with Gasteiger partial charge in [-0.1, -0.05) is 12.5 Å². The number of carbonyl (C=O) groups is 1. The maximum Gasteiger partial charge on any atom is 0.254 e. The Morgan fingerprint density at radius 1 is 1.08 bits per heavy atom. The topological polar surface area (TPSA) is 62.1 Å². The Morgan fingerprint density at radius 2 is 1.76 bits per heavy atom. The molecule has 2 heterocycles. The first-order valence-corrected chi connectivity index (χ1v) is 10.7. The average molecular weight is 367 g/mol. The predicted octanol–water partition coefficient (Wildman–Crippen LogP) is 0.222. The molecule has 0 aliphatic carbocycles. The first-order valence-electron chi connectivity index (χ1n) is 9.25. The van der Waals surface area contributed by atoms with Gasteiger partial charge in [-0.3, -0.25) is 4.79 Å². The van der Waals surface area contributed by atoms with Crippen LogP contribution in [-0.4, -0.2) is 69.3 Å². The molecular weight excluding hydrogens is 338 g/mol. The molecule has 138 valence electrons. The molecule has 0 spiro atoms. The van der Waals surface area contributed by atoms with Crippen molar-refractivity contribution in [3.63, 3.8) is 0 Å². The lowest BCUT2D eigenvalue weighted by molar-refractivity contribution is -0.902. The zero-order valence-electron chi connectivity index (χ0n) is 14.9. The summed E-state index contributed by atoms with van der Waals surface area (Å²) < 4.78 is 27.2. The molecule has 0 saturated carbocycles. The zero-order chi connectivity index (χ0) is 17.9. The molecule has 2 saturated heterocycles. The van der Waals surface area contributed by atoms with E-state index < -0.39 is 10.0 Å². The second kappa shape index (κ2) is 7.85. The fourth-order valence-corrected chi connectivity index (χ4v) is 5.17. The SMILES string of the molecule is CC[NH+]1CCN(C(=O)c2cccc(S(=O)(=O)N3CCCCC3)c2)CC1. The van der Waals surface area contributed by atoms with Crippen LogP contribution in [0.15, 0.2) is 29.2 Å². The summed E-state index contributed by atoms with van der Waals surface area (Å²) >= 11 is 0. The largest absolute Gasteiger partial charge is 0.332 e. The molecule has 1 amide bonds.